The zero-order valence-electron chi connectivity index (χ0n) is 15.9. The van der Waals surface area contributed by atoms with E-state index in [1.165, 1.54) is 0 Å². The number of anilines is 2. The van der Waals surface area contributed by atoms with Crippen molar-refractivity contribution in [2.24, 2.45) is 5.92 Å². The summed E-state index contributed by atoms with van der Waals surface area (Å²) in [5, 5.41) is 10.0. The number of amides is 3. The van der Waals surface area contributed by atoms with Gasteiger partial charge in [-0.3, -0.25) is 4.79 Å². The number of urea groups is 1. The van der Waals surface area contributed by atoms with Crippen molar-refractivity contribution in [2.75, 3.05) is 23.7 Å². The van der Waals surface area contributed by atoms with Crippen molar-refractivity contribution in [3.05, 3.63) is 67.1 Å². The van der Waals surface area contributed by atoms with Crippen LogP contribution in [0.25, 0.3) is 5.82 Å². The van der Waals surface area contributed by atoms with Gasteiger partial charge in [-0.15, -0.1) is 0 Å². The summed E-state index contributed by atoms with van der Waals surface area (Å²) in [6.45, 7) is 0.986. The van der Waals surface area contributed by atoms with Gasteiger partial charge < -0.3 is 15.5 Å². The molecular formula is C21H22N6O2. The average Bonchev–Trinajstić information content (AvgIpc) is 3.30. The molecule has 29 heavy (non-hydrogen) atoms. The summed E-state index contributed by atoms with van der Waals surface area (Å²) < 4.78 is 1.60. The molecule has 4 rings (SSSR count). The third-order valence-corrected chi connectivity index (χ3v) is 4.87. The summed E-state index contributed by atoms with van der Waals surface area (Å²) >= 11 is 0. The Bertz CT molecular complexity index is 974. The third kappa shape index (κ3) is 4.43. The molecule has 2 aromatic heterocycles. The molecule has 0 spiro atoms. The van der Waals surface area contributed by atoms with Crippen molar-refractivity contribution in [1.82, 2.24) is 19.7 Å². The predicted molar refractivity (Wildman–Crippen MR) is 110 cm³/mol. The standard InChI is InChI=1S/C21H22N6O2/c28-20(24-17-8-2-1-3-9-17)16-7-5-13-26(15-16)21(29)25-18-10-4-11-22-19(18)27-14-6-12-23-27/h1-4,6,8-12,14,16H,5,7,13,15H2,(H,24,28)(H,25,29)/t16-/m1/s1. The molecule has 3 amide bonds. The van der Waals surface area contributed by atoms with Crippen LogP contribution in [0.3, 0.4) is 0 Å². The van der Waals surface area contributed by atoms with E-state index in [4.69, 9.17) is 0 Å². The van der Waals surface area contributed by atoms with Crippen LogP contribution in [0.15, 0.2) is 67.1 Å². The summed E-state index contributed by atoms with van der Waals surface area (Å²) in [5.74, 6) is 0.239. The van der Waals surface area contributed by atoms with Gasteiger partial charge >= 0.3 is 6.03 Å². The molecule has 3 aromatic rings. The first-order chi connectivity index (χ1) is 14.2. The minimum Gasteiger partial charge on any atom is -0.326 e. The molecule has 1 aromatic carbocycles. The van der Waals surface area contributed by atoms with E-state index >= 15 is 0 Å². The summed E-state index contributed by atoms with van der Waals surface area (Å²) in [6.07, 6.45) is 6.61. The van der Waals surface area contributed by atoms with Crippen molar-refractivity contribution in [1.29, 1.82) is 0 Å². The number of carbonyl (C=O) groups is 2. The van der Waals surface area contributed by atoms with Gasteiger partial charge in [0, 0.05) is 37.4 Å². The fourth-order valence-corrected chi connectivity index (χ4v) is 3.41. The Balaban J connectivity index is 1.41. The van der Waals surface area contributed by atoms with Crippen molar-refractivity contribution < 1.29 is 9.59 Å². The van der Waals surface area contributed by atoms with E-state index in [9.17, 15) is 9.59 Å². The number of likely N-dealkylation sites (tertiary alicyclic amines) is 1. The van der Waals surface area contributed by atoms with Crippen LogP contribution in [0.4, 0.5) is 16.2 Å². The monoisotopic (exact) mass is 390 g/mol. The topological polar surface area (TPSA) is 92.2 Å². The van der Waals surface area contributed by atoms with Gasteiger partial charge in [0.15, 0.2) is 5.82 Å². The molecule has 8 heteroatoms. The number of pyridine rings is 1. The Kier molecular flexibility index (Phi) is 5.51. The first kappa shape index (κ1) is 18.7. The number of aromatic nitrogens is 3. The van der Waals surface area contributed by atoms with E-state index in [2.05, 4.69) is 20.7 Å². The number of nitrogens with zero attached hydrogens (tertiary/aromatic N) is 4. The lowest BCUT2D eigenvalue weighted by Gasteiger charge is -2.32. The molecule has 0 radical (unpaired) electrons. The SMILES string of the molecule is O=C(Nc1ccccc1)[C@@H]1CCCN(C(=O)Nc2cccnc2-n2cccn2)C1. The van der Waals surface area contributed by atoms with Gasteiger partial charge in [0.1, 0.15) is 0 Å². The second-order valence-corrected chi connectivity index (χ2v) is 6.90. The number of para-hydroxylation sites is 1. The highest BCUT2D eigenvalue weighted by Crippen LogP contribution is 2.21. The second-order valence-electron chi connectivity index (χ2n) is 6.90. The molecule has 1 aliphatic rings. The van der Waals surface area contributed by atoms with Crippen LogP contribution in [0.2, 0.25) is 0 Å². The summed E-state index contributed by atoms with van der Waals surface area (Å²) in [4.78, 5) is 31.4. The molecule has 0 unspecified atom stereocenters. The zero-order valence-corrected chi connectivity index (χ0v) is 15.9. The third-order valence-electron chi connectivity index (χ3n) is 4.87. The van der Waals surface area contributed by atoms with Crippen LogP contribution in [-0.2, 0) is 4.79 Å². The van der Waals surface area contributed by atoms with Gasteiger partial charge in [-0.25, -0.2) is 14.5 Å². The quantitative estimate of drug-likeness (QED) is 0.716. The van der Waals surface area contributed by atoms with Crippen LogP contribution >= 0.6 is 0 Å². The Hall–Kier alpha value is -3.68. The lowest BCUT2D eigenvalue weighted by atomic mass is 9.97. The first-order valence-electron chi connectivity index (χ1n) is 9.57. The molecule has 0 saturated carbocycles. The van der Waals surface area contributed by atoms with Gasteiger partial charge in [0.2, 0.25) is 5.91 Å². The molecule has 1 atom stereocenters. The van der Waals surface area contributed by atoms with Crippen molar-refractivity contribution in [3.63, 3.8) is 0 Å². The molecule has 3 heterocycles. The number of benzene rings is 1. The summed E-state index contributed by atoms with van der Waals surface area (Å²) in [5.41, 5.74) is 1.33. The van der Waals surface area contributed by atoms with Crippen molar-refractivity contribution >= 4 is 23.3 Å². The van der Waals surface area contributed by atoms with Gasteiger partial charge in [-0.05, 0) is 43.2 Å². The highest BCUT2D eigenvalue weighted by molar-refractivity contribution is 5.94. The van der Waals surface area contributed by atoms with Crippen LogP contribution in [-0.4, -0.2) is 44.7 Å². The first-order valence-corrected chi connectivity index (χ1v) is 9.57. The highest BCUT2D eigenvalue weighted by Gasteiger charge is 2.29. The number of rotatable bonds is 4. The van der Waals surface area contributed by atoms with E-state index in [1.807, 2.05) is 30.3 Å². The number of hydrogen-bond acceptors (Lipinski definition) is 4. The Labute approximate surface area is 168 Å². The van der Waals surface area contributed by atoms with Crippen LogP contribution in [0.5, 0.6) is 0 Å². The molecule has 1 aliphatic heterocycles. The molecule has 1 saturated heterocycles. The van der Waals surface area contributed by atoms with E-state index in [1.54, 1.807) is 46.4 Å². The fourth-order valence-electron chi connectivity index (χ4n) is 3.41. The Morgan fingerprint density at radius 2 is 1.86 bits per heavy atom. The molecular weight excluding hydrogens is 368 g/mol. The fraction of sp³-hybridized carbons (Fsp3) is 0.238. The van der Waals surface area contributed by atoms with E-state index in [0.717, 1.165) is 18.5 Å². The maximum Gasteiger partial charge on any atom is 0.321 e. The minimum absolute atomic E-state index is 0.0627. The molecule has 1 fully saturated rings. The lowest BCUT2D eigenvalue weighted by molar-refractivity contribution is -0.121. The molecule has 8 nitrogen and oxygen atoms in total. The van der Waals surface area contributed by atoms with Gasteiger partial charge in [-0.1, -0.05) is 18.2 Å². The zero-order chi connectivity index (χ0) is 20.1. The van der Waals surface area contributed by atoms with Crippen molar-refractivity contribution in [3.8, 4) is 5.82 Å². The van der Waals surface area contributed by atoms with E-state index in [0.29, 0.717) is 24.6 Å². The maximum absolute atomic E-state index is 12.8. The highest BCUT2D eigenvalue weighted by atomic mass is 16.2. The molecule has 0 bridgehead atoms. The average molecular weight is 390 g/mol. The predicted octanol–water partition coefficient (Wildman–Crippen LogP) is 3.15. The lowest BCUT2D eigenvalue weighted by Crippen LogP contribution is -2.45. The number of carbonyl (C=O) groups excluding carboxylic acids is 2. The number of piperidine rings is 1. The van der Waals surface area contributed by atoms with Crippen LogP contribution in [0.1, 0.15) is 12.8 Å². The number of nitrogens with one attached hydrogen (secondary N) is 2. The van der Waals surface area contributed by atoms with Gasteiger partial charge in [-0.2, -0.15) is 5.10 Å². The normalized spacial score (nSPS) is 16.3. The minimum atomic E-state index is -0.247. The second kappa shape index (κ2) is 8.55. The Morgan fingerprint density at radius 3 is 2.66 bits per heavy atom. The van der Waals surface area contributed by atoms with Crippen molar-refractivity contribution in [2.45, 2.75) is 12.8 Å². The smallest absolute Gasteiger partial charge is 0.321 e. The molecule has 148 valence electrons. The molecule has 2 N–H and O–H groups in total. The Morgan fingerprint density at radius 1 is 1.00 bits per heavy atom. The maximum atomic E-state index is 12.8. The molecule has 0 aliphatic carbocycles. The van der Waals surface area contributed by atoms with Crippen LogP contribution in [0, 0.1) is 5.92 Å². The summed E-state index contributed by atoms with van der Waals surface area (Å²) in [7, 11) is 0. The number of hydrogen-bond donors (Lipinski definition) is 2. The van der Waals surface area contributed by atoms with E-state index < -0.39 is 0 Å². The summed E-state index contributed by atoms with van der Waals surface area (Å²) in [6, 6.07) is 14.4. The largest absolute Gasteiger partial charge is 0.326 e. The van der Waals surface area contributed by atoms with Gasteiger partial charge in [0.25, 0.3) is 0 Å². The van der Waals surface area contributed by atoms with Crippen LogP contribution < -0.4 is 10.6 Å². The van der Waals surface area contributed by atoms with Gasteiger partial charge in [0.05, 0.1) is 11.6 Å². The van der Waals surface area contributed by atoms with E-state index in [-0.39, 0.29) is 17.9 Å².